The van der Waals surface area contributed by atoms with E-state index in [0.717, 1.165) is 5.69 Å². The van der Waals surface area contributed by atoms with E-state index in [9.17, 15) is 14.7 Å². The number of para-hydroxylation sites is 1. The molecule has 4 nitrogen and oxygen atoms in total. The first kappa shape index (κ1) is 14.6. The molecule has 0 aliphatic heterocycles. The molecule has 0 unspecified atom stereocenters. The number of aliphatic carboxylic acids is 1. The molecule has 1 aliphatic carbocycles. The van der Waals surface area contributed by atoms with E-state index < -0.39 is 16.8 Å². The van der Waals surface area contributed by atoms with Crippen LogP contribution in [0.5, 0.6) is 0 Å². The average molecular weight is 274 g/mol. The predicted molar refractivity (Wildman–Crippen MR) is 74.7 cm³/mol. The van der Waals surface area contributed by atoms with Crippen LogP contribution in [0.25, 0.3) is 0 Å². The van der Waals surface area contributed by atoms with Gasteiger partial charge in [-0.3, -0.25) is 4.79 Å². The number of carbonyl (C=O) groups is 2. The van der Waals surface area contributed by atoms with Crippen molar-refractivity contribution in [1.29, 1.82) is 0 Å². The molecule has 0 aromatic heterocycles. The smallest absolute Gasteiger partial charge is 0.228 e. The summed E-state index contributed by atoms with van der Waals surface area (Å²) in [6.45, 7) is 5.36. The van der Waals surface area contributed by atoms with E-state index in [0.29, 0.717) is 12.8 Å². The summed E-state index contributed by atoms with van der Waals surface area (Å²) in [5, 5.41) is 14.3. The number of carboxylic acids is 1. The molecule has 2 atom stereocenters. The van der Waals surface area contributed by atoms with E-state index in [-0.39, 0.29) is 11.8 Å². The third-order valence-electron chi connectivity index (χ3n) is 5.03. The van der Waals surface area contributed by atoms with E-state index in [1.165, 1.54) is 0 Å². The number of amides is 1. The Morgan fingerprint density at radius 2 is 1.80 bits per heavy atom. The van der Waals surface area contributed by atoms with Gasteiger partial charge in [0, 0.05) is 23.0 Å². The Morgan fingerprint density at radius 3 is 2.30 bits per heavy atom. The molecule has 108 valence electrons. The number of carbonyl (C=O) groups excluding carboxylic acids is 2. The van der Waals surface area contributed by atoms with Crippen LogP contribution in [0.4, 0.5) is 5.69 Å². The zero-order valence-corrected chi connectivity index (χ0v) is 12.1. The Kier molecular flexibility index (Phi) is 3.59. The number of hydrogen-bond acceptors (Lipinski definition) is 3. The fourth-order valence-corrected chi connectivity index (χ4v) is 3.08. The number of carboxylic acid groups (broad SMARTS) is 1. The molecular formula is C16H20NO3-. The molecule has 1 aliphatic rings. The molecule has 4 heteroatoms. The second-order valence-electron chi connectivity index (χ2n) is 6.29. The Hall–Kier alpha value is -1.84. The summed E-state index contributed by atoms with van der Waals surface area (Å²) in [6, 6.07) is 9.21. The second kappa shape index (κ2) is 4.93. The van der Waals surface area contributed by atoms with E-state index in [1.807, 2.05) is 44.2 Å². The van der Waals surface area contributed by atoms with Crippen molar-refractivity contribution < 1.29 is 14.7 Å². The van der Waals surface area contributed by atoms with Gasteiger partial charge in [-0.2, -0.15) is 0 Å². The minimum Gasteiger partial charge on any atom is -0.550 e. The van der Waals surface area contributed by atoms with Crippen molar-refractivity contribution in [1.82, 2.24) is 0 Å². The van der Waals surface area contributed by atoms with Gasteiger partial charge in [0.05, 0.1) is 0 Å². The third kappa shape index (κ3) is 2.19. The lowest BCUT2D eigenvalue weighted by Gasteiger charge is -2.41. The fraction of sp³-hybridized carbons (Fsp3) is 0.500. The van der Waals surface area contributed by atoms with Gasteiger partial charge < -0.3 is 15.2 Å². The number of nitrogens with one attached hydrogen (secondary N) is 1. The second-order valence-corrected chi connectivity index (χ2v) is 6.29. The molecule has 1 saturated carbocycles. The fourth-order valence-electron chi connectivity index (χ4n) is 3.08. The molecule has 2 rings (SSSR count). The van der Waals surface area contributed by atoms with Crippen LogP contribution in [0.2, 0.25) is 0 Å². The van der Waals surface area contributed by atoms with Crippen LogP contribution in [0, 0.1) is 16.7 Å². The van der Waals surface area contributed by atoms with Crippen LogP contribution in [-0.4, -0.2) is 11.9 Å². The summed E-state index contributed by atoms with van der Waals surface area (Å²) in [5.41, 5.74) is -0.869. The minimum absolute atomic E-state index is 0.119. The molecule has 0 bridgehead atoms. The largest absolute Gasteiger partial charge is 0.550 e. The average Bonchev–Trinajstić information content (AvgIpc) is 2.63. The summed E-state index contributed by atoms with van der Waals surface area (Å²) >= 11 is 0. The Bertz CT molecular complexity index is 524. The lowest BCUT2D eigenvalue weighted by molar-refractivity contribution is -0.323. The SMILES string of the molecule is CC1(C)[C@H](C(=O)Nc2ccccc2)CC[C@@]1(C)C(=O)[O-]. The summed E-state index contributed by atoms with van der Waals surface area (Å²) < 4.78 is 0. The van der Waals surface area contributed by atoms with Crippen LogP contribution in [0.15, 0.2) is 30.3 Å². The van der Waals surface area contributed by atoms with Crippen molar-refractivity contribution in [3.05, 3.63) is 30.3 Å². The first-order chi connectivity index (χ1) is 9.29. The zero-order chi connectivity index (χ0) is 15.0. The highest BCUT2D eigenvalue weighted by atomic mass is 16.4. The van der Waals surface area contributed by atoms with Gasteiger partial charge in [-0.25, -0.2) is 0 Å². The lowest BCUT2D eigenvalue weighted by Crippen LogP contribution is -2.49. The van der Waals surface area contributed by atoms with Gasteiger partial charge in [0.25, 0.3) is 0 Å². The van der Waals surface area contributed by atoms with Gasteiger partial charge in [-0.05, 0) is 30.4 Å². The van der Waals surface area contributed by atoms with E-state index in [2.05, 4.69) is 5.32 Å². The van der Waals surface area contributed by atoms with Crippen LogP contribution in [0.3, 0.4) is 0 Å². The molecular weight excluding hydrogens is 254 g/mol. The highest BCUT2D eigenvalue weighted by molar-refractivity contribution is 5.94. The summed E-state index contributed by atoms with van der Waals surface area (Å²) in [6.07, 6.45) is 1.03. The van der Waals surface area contributed by atoms with Gasteiger partial charge in [-0.15, -0.1) is 0 Å². The van der Waals surface area contributed by atoms with Crippen molar-refractivity contribution in [3.63, 3.8) is 0 Å². The van der Waals surface area contributed by atoms with Crippen molar-refractivity contribution in [2.45, 2.75) is 33.6 Å². The molecule has 1 aromatic rings. The predicted octanol–water partition coefficient (Wildman–Crippen LogP) is 1.82. The maximum atomic E-state index is 12.4. The molecule has 0 heterocycles. The Balaban J connectivity index is 2.18. The molecule has 0 spiro atoms. The van der Waals surface area contributed by atoms with Crippen molar-refractivity contribution >= 4 is 17.6 Å². The maximum absolute atomic E-state index is 12.4. The topological polar surface area (TPSA) is 69.2 Å². The first-order valence-electron chi connectivity index (χ1n) is 6.86. The van der Waals surface area contributed by atoms with Crippen molar-refractivity contribution in [2.24, 2.45) is 16.7 Å². The molecule has 1 fully saturated rings. The molecule has 20 heavy (non-hydrogen) atoms. The van der Waals surface area contributed by atoms with E-state index in [4.69, 9.17) is 0 Å². The van der Waals surface area contributed by atoms with Crippen molar-refractivity contribution in [3.8, 4) is 0 Å². The van der Waals surface area contributed by atoms with Crippen LogP contribution in [0.1, 0.15) is 33.6 Å². The highest BCUT2D eigenvalue weighted by Gasteiger charge is 2.54. The number of rotatable bonds is 3. The monoisotopic (exact) mass is 274 g/mol. The molecule has 0 saturated heterocycles. The molecule has 1 N–H and O–H groups in total. The normalized spacial score (nSPS) is 28.1. The van der Waals surface area contributed by atoms with Gasteiger partial charge >= 0.3 is 0 Å². The third-order valence-corrected chi connectivity index (χ3v) is 5.03. The summed E-state index contributed by atoms with van der Waals surface area (Å²) in [7, 11) is 0. The summed E-state index contributed by atoms with van der Waals surface area (Å²) in [5.74, 6) is -1.52. The number of benzene rings is 1. The summed E-state index contributed by atoms with van der Waals surface area (Å²) in [4.78, 5) is 23.8. The van der Waals surface area contributed by atoms with Crippen LogP contribution in [-0.2, 0) is 9.59 Å². The van der Waals surface area contributed by atoms with Crippen LogP contribution < -0.4 is 10.4 Å². The number of hydrogen-bond donors (Lipinski definition) is 1. The Morgan fingerprint density at radius 1 is 1.20 bits per heavy atom. The zero-order valence-electron chi connectivity index (χ0n) is 12.1. The van der Waals surface area contributed by atoms with E-state index in [1.54, 1.807) is 6.92 Å². The minimum atomic E-state index is -1.07. The first-order valence-corrected chi connectivity index (χ1v) is 6.86. The molecule has 0 radical (unpaired) electrons. The molecule has 1 aromatic carbocycles. The lowest BCUT2D eigenvalue weighted by atomic mass is 9.65. The standard InChI is InChI=1S/C16H21NO3/c1-15(2)12(9-10-16(15,3)14(19)20)13(18)17-11-7-5-4-6-8-11/h4-8,12H,9-10H2,1-3H3,(H,17,18)(H,19,20)/p-1/t12-,16-/m0/s1. The highest BCUT2D eigenvalue weighted by Crippen LogP contribution is 2.55. The number of anilines is 1. The quantitative estimate of drug-likeness (QED) is 0.914. The van der Waals surface area contributed by atoms with Crippen LogP contribution >= 0.6 is 0 Å². The van der Waals surface area contributed by atoms with Gasteiger partial charge in [0.2, 0.25) is 5.91 Å². The van der Waals surface area contributed by atoms with Gasteiger partial charge in [-0.1, -0.05) is 39.0 Å². The Labute approximate surface area is 119 Å². The maximum Gasteiger partial charge on any atom is 0.228 e. The van der Waals surface area contributed by atoms with Gasteiger partial charge in [0.15, 0.2) is 0 Å². The molecule has 1 amide bonds. The van der Waals surface area contributed by atoms with E-state index >= 15 is 0 Å². The van der Waals surface area contributed by atoms with Gasteiger partial charge in [0.1, 0.15) is 0 Å². The van der Waals surface area contributed by atoms with Crippen molar-refractivity contribution in [2.75, 3.05) is 5.32 Å².